The number of anilines is 1. The summed E-state index contributed by atoms with van der Waals surface area (Å²) in [5, 5.41) is 9.02. The van der Waals surface area contributed by atoms with Gasteiger partial charge in [-0.3, -0.25) is 5.10 Å². The molecule has 29 heavy (non-hydrogen) atoms. The maximum atomic E-state index is 4.33. The fraction of sp³-hybridized carbons (Fsp3) is 0.560. The molecule has 0 spiro atoms. The molecule has 0 amide bonds. The normalized spacial score (nSPS) is 17.3. The van der Waals surface area contributed by atoms with Crippen molar-refractivity contribution in [3.63, 3.8) is 0 Å². The smallest absolute Gasteiger partial charge is 0.0847 e. The van der Waals surface area contributed by atoms with Crippen LogP contribution in [0.4, 0.5) is 5.69 Å². The molecule has 0 radical (unpaired) electrons. The lowest BCUT2D eigenvalue weighted by Crippen LogP contribution is -2.33. The van der Waals surface area contributed by atoms with Crippen molar-refractivity contribution in [1.82, 2.24) is 15.2 Å². The summed E-state index contributed by atoms with van der Waals surface area (Å²) in [6.45, 7) is 9.34. The van der Waals surface area contributed by atoms with E-state index in [1.54, 1.807) is 5.56 Å². The molecule has 2 N–H and O–H groups in total. The predicted octanol–water partition coefficient (Wildman–Crippen LogP) is 6.11. The summed E-state index contributed by atoms with van der Waals surface area (Å²) in [6, 6.07) is 5.03. The highest BCUT2D eigenvalue weighted by Gasteiger charge is 2.41. The van der Waals surface area contributed by atoms with Crippen LogP contribution in [0.2, 0.25) is 0 Å². The van der Waals surface area contributed by atoms with Gasteiger partial charge in [0.25, 0.3) is 0 Å². The third kappa shape index (κ3) is 2.83. The zero-order valence-electron chi connectivity index (χ0n) is 18.2. The summed E-state index contributed by atoms with van der Waals surface area (Å²) in [7, 11) is 0. The Morgan fingerprint density at radius 3 is 2.62 bits per heavy atom. The third-order valence-electron chi connectivity index (χ3n) is 7.22. The first-order chi connectivity index (χ1) is 14.2. The van der Waals surface area contributed by atoms with Crippen molar-refractivity contribution in [2.24, 2.45) is 0 Å². The maximum Gasteiger partial charge on any atom is 0.0847 e. The first-order valence-corrected chi connectivity index (χ1v) is 11.7. The molecule has 5 rings (SSSR count). The lowest BCUT2D eigenvalue weighted by Gasteiger charge is -2.30. The maximum absolute atomic E-state index is 4.33. The fourth-order valence-corrected chi connectivity index (χ4v) is 6.13. The van der Waals surface area contributed by atoms with Gasteiger partial charge >= 0.3 is 0 Å². The molecule has 154 valence electrons. The Bertz CT molecular complexity index is 1020. The number of hydrogen-bond acceptors (Lipinski definition) is 2. The summed E-state index contributed by atoms with van der Waals surface area (Å²) in [6.07, 6.45) is 11.7. The van der Waals surface area contributed by atoms with Crippen molar-refractivity contribution in [3.8, 4) is 11.4 Å². The van der Waals surface area contributed by atoms with Gasteiger partial charge in [-0.15, -0.1) is 0 Å². The summed E-state index contributed by atoms with van der Waals surface area (Å²) < 4.78 is 0. The van der Waals surface area contributed by atoms with Gasteiger partial charge < -0.3 is 9.88 Å². The average molecular weight is 391 g/mol. The van der Waals surface area contributed by atoms with Crippen molar-refractivity contribution in [3.05, 3.63) is 35.0 Å². The summed E-state index contributed by atoms with van der Waals surface area (Å²) in [4.78, 5) is 6.49. The molecule has 1 aliphatic carbocycles. The number of benzene rings is 1. The van der Waals surface area contributed by atoms with Gasteiger partial charge in [-0.25, -0.2) is 0 Å². The van der Waals surface area contributed by atoms with Gasteiger partial charge in [0, 0.05) is 35.1 Å². The monoisotopic (exact) mass is 390 g/mol. The zero-order chi connectivity index (χ0) is 20.0. The van der Waals surface area contributed by atoms with E-state index in [0.29, 0.717) is 5.41 Å². The van der Waals surface area contributed by atoms with Crippen LogP contribution in [0, 0.1) is 0 Å². The summed E-state index contributed by atoms with van der Waals surface area (Å²) in [5.74, 6) is 0. The lowest BCUT2D eigenvalue weighted by molar-refractivity contribution is 0.377. The Balaban J connectivity index is 1.72. The van der Waals surface area contributed by atoms with Gasteiger partial charge in [0.15, 0.2) is 0 Å². The van der Waals surface area contributed by atoms with Crippen molar-refractivity contribution in [2.45, 2.75) is 77.6 Å². The number of nitrogens with one attached hydrogen (secondary N) is 2. The highest BCUT2D eigenvalue weighted by atomic mass is 15.2. The van der Waals surface area contributed by atoms with Crippen molar-refractivity contribution < 1.29 is 0 Å². The number of aryl methyl sites for hydroxylation is 2. The van der Waals surface area contributed by atoms with Crippen LogP contribution < -0.4 is 4.90 Å². The average Bonchev–Trinajstić information content (AvgIpc) is 3.35. The van der Waals surface area contributed by atoms with Gasteiger partial charge in [0.2, 0.25) is 0 Å². The first kappa shape index (κ1) is 18.8. The number of hydrogen-bond donors (Lipinski definition) is 2. The highest BCUT2D eigenvalue weighted by molar-refractivity contribution is 5.95. The number of nitrogens with zero attached hydrogens (tertiary/aromatic N) is 2. The van der Waals surface area contributed by atoms with Gasteiger partial charge in [-0.2, -0.15) is 5.10 Å². The van der Waals surface area contributed by atoms with Crippen LogP contribution in [-0.2, 0) is 18.3 Å². The van der Waals surface area contributed by atoms with E-state index in [1.807, 2.05) is 6.20 Å². The minimum Gasteiger partial charge on any atom is -0.370 e. The quantitative estimate of drug-likeness (QED) is 0.533. The summed E-state index contributed by atoms with van der Waals surface area (Å²) in [5.41, 5.74) is 10.0. The van der Waals surface area contributed by atoms with E-state index in [9.17, 15) is 0 Å². The van der Waals surface area contributed by atoms with Crippen LogP contribution in [-0.4, -0.2) is 28.3 Å². The molecule has 4 nitrogen and oxygen atoms in total. The molecule has 0 fully saturated rings. The molecular weight excluding hydrogens is 356 g/mol. The third-order valence-corrected chi connectivity index (χ3v) is 7.22. The van der Waals surface area contributed by atoms with Crippen LogP contribution in [0.5, 0.6) is 0 Å². The van der Waals surface area contributed by atoms with Crippen LogP contribution in [0.3, 0.4) is 0 Å². The highest BCUT2D eigenvalue weighted by Crippen LogP contribution is 2.49. The van der Waals surface area contributed by atoms with E-state index in [4.69, 9.17) is 0 Å². The molecule has 4 heteroatoms. The Hall–Kier alpha value is -2.23. The van der Waals surface area contributed by atoms with Crippen LogP contribution >= 0.6 is 0 Å². The molecule has 3 heterocycles. The van der Waals surface area contributed by atoms with Gasteiger partial charge in [0.05, 0.1) is 17.6 Å². The number of aromatic amines is 2. The first-order valence-electron chi connectivity index (χ1n) is 11.7. The molecule has 0 saturated carbocycles. The topological polar surface area (TPSA) is 47.7 Å². The van der Waals surface area contributed by atoms with Crippen molar-refractivity contribution >= 4 is 16.6 Å². The molecular formula is C25H34N4. The Morgan fingerprint density at radius 2 is 1.86 bits per heavy atom. The number of aromatic nitrogens is 3. The minimum absolute atomic E-state index is 0.309. The predicted molar refractivity (Wildman–Crippen MR) is 122 cm³/mol. The molecule has 0 atom stereocenters. The van der Waals surface area contributed by atoms with Crippen LogP contribution in [0.1, 0.15) is 76.0 Å². The molecule has 1 aromatic carbocycles. The zero-order valence-corrected chi connectivity index (χ0v) is 18.2. The largest absolute Gasteiger partial charge is 0.370 e. The fourth-order valence-electron chi connectivity index (χ4n) is 6.13. The Kier molecular flexibility index (Phi) is 4.68. The molecule has 0 unspecified atom stereocenters. The van der Waals surface area contributed by atoms with Crippen molar-refractivity contribution in [2.75, 3.05) is 18.0 Å². The summed E-state index contributed by atoms with van der Waals surface area (Å²) >= 11 is 0. The number of fused-ring (bicyclic) bond motifs is 6. The second-order valence-corrected chi connectivity index (χ2v) is 9.22. The van der Waals surface area contributed by atoms with E-state index < -0.39 is 0 Å². The molecule has 0 saturated heterocycles. The Labute approximate surface area is 174 Å². The van der Waals surface area contributed by atoms with E-state index in [0.717, 1.165) is 19.4 Å². The van der Waals surface area contributed by atoms with Crippen molar-refractivity contribution in [1.29, 1.82) is 0 Å². The standard InChI is InChI=1S/C25H34N4/c1-4-10-25(11-5-2)16-29(12-6-3)22-13-19-18-9-7-8-17-15-26-28-23(17)24(18)27-21(19)14-20(22)25/h13-15,27H,4-12,16H2,1-3H3,(H,26,28). The van der Waals surface area contributed by atoms with Gasteiger partial charge in [-0.1, -0.05) is 33.6 Å². The minimum atomic E-state index is 0.309. The van der Waals surface area contributed by atoms with E-state index in [2.05, 4.69) is 53.0 Å². The van der Waals surface area contributed by atoms with E-state index in [1.165, 1.54) is 84.2 Å². The molecule has 3 aromatic rings. The molecule has 1 aliphatic heterocycles. The molecule has 0 bridgehead atoms. The van der Waals surface area contributed by atoms with Gasteiger partial charge in [-0.05, 0) is 67.3 Å². The SMILES string of the molecule is CCCN1CC(CCC)(CCC)c2cc3[nH]c4c(c3cc21)CCCc1cn[nH]c1-4. The Morgan fingerprint density at radius 1 is 1.03 bits per heavy atom. The van der Waals surface area contributed by atoms with E-state index >= 15 is 0 Å². The second kappa shape index (κ2) is 7.23. The second-order valence-electron chi connectivity index (χ2n) is 9.22. The lowest BCUT2D eigenvalue weighted by atomic mass is 9.75. The molecule has 2 aliphatic rings. The number of rotatable bonds is 6. The van der Waals surface area contributed by atoms with Crippen LogP contribution in [0.25, 0.3) is 22.3 Å². The number of H-pyrrole nitrogens is 2. The van der Waals surface area contributed by atoms with E-state index in [-0.39, 0.29) is 0 Å². The molecule has 2 aromatic heterocycles. The van der Waals surface area contributed by atoms with Crippen LogP contribution in [0.15, 0.2) is 18.3 Å². The van der Waals surface area contributed by atoms with Gasteiger partial charge in [0.1, 0.15) is 0 Å².